The van der Waals surface area contributed by atoms with Gasteiger partial charge in [-0.1, -0.05) is 18.2 Å². The van der Waals surface area contributed by atoms with E-state index < -0.39 is 17.7 Å². The Morgan fingerprint density at radius 3 is 2.30 bits per heavy atom. The van der Waals surface area contributed by atoms with Crippen LogP contribution >= 0.6 is 0 Å². The minimum atomic E-state index is -1.07. The van der Waals surface area contributed by atoms with Gasteiger partial charge in [-0.2, -0.15) is 0 Å². The fourth-order valence-electron chi connectivity index (χ4n) is 1.80. The zero-order chi connectivity index (χ0) is 17.5. The molecule has 0 aliphatic carbocycles. The van der Waals surface area contributed by atoms with Crippen LogP contribution in [0.5, 0.6) is 0 Å². The minimum absolute atomic E-state index is 0.0328. The summed E-state index contributed by atoms with van der Waals surface area (Å²) in [4.78, 5) is 34.3. The van der Waals surface area contributed by atoms with Crippen LogP contribution in [0.4, 0.5) is 4.79 Å². The summed E-state index contributed by atoms with van der Waals surface area (Å²) >= 11 is 0. The molecule has 0 saturated heterocycles. The molecule has 0 bridgehead atoms. The van der Waals surface area contributed by atoms with Crippen LogP contribution in [0.2, 0.25) is 0 Å². The number of carboxylic acids is 1. The molecular formula is C16H22N2O5. The summed E-state index contributed by atoms with van der Waals surface area (Å²) in [6, 6.07) is 6.34. The molecule has 0 radical (unpaired) electrons. The number of nitrogens with one attached hydrogen (secondary N) is 2. The number of carbonyl (C=O) groups is 3. The van der Waals surface area contributed by atoms with E-state index in [1.807, 2.05) is 0 Å². The van der Waals surface area contributed by atoms with E-state index in [1.165, 1.54) is 6.07 Å². The van der Waals surface area contributed by atoms with Crippen LogP contribution in [0.25, 0.3) is 0 Å². The number of rotatable bonds is 6. The Bertz CT molecular complexity index is 578. The van der Waals surface area contributed by atoms with Crippen molar-refractivity contribution in [1.82, 2.24) is 10.6 Å². The molecule has 126 valence electrons. The SMILES string of the molecule is CC(C)(C)OC(=O)NCCNC(=O)Cc1ccccc1C(=O)O. The average molecular weight is 322 g/mol. The van der Waals surface area contributed by atoms with E-state index in [2.05, 4.69) is 10.6 Å². The molecule has 3 N–H and O–H groups in total. The van der Waals surface area contributed by atoms with Gasteiger partial charge in [-0.3, -0.25) is 4.79 Å². The van der Waals surface area contributed by atoms with Gasteiger partial charge in [0, 0.05) is 13.1 Å². The lowest BCUT2D eigenvalue weighted by atomic mass is 10.0. The highest BCUT2D eigenvalue weighted by molar-refractivity contribution is 5.91. The molecule has 0 spiro atoms. The van der Waals surface area contributed by atoms with Gasteiger partial charge in [-0.25, -0.2) is 9.59 Å². The maximum absolute atomic E-state index is 11.8. The largest absolute Gasteiger partial charge is 0.478 e. The number of amides is 2. The van der Waals surface area contributed by atoms with Crippen molar-refractivity contribution in [2.24, 2.45) is 0 Å². The number of aromatic carboxylic acids is 1. The van der Waals surface area contributed by atoms with Gasteiger partial charge in [0.25, 0.3) is 0 Å². The number of carboxylic acid groups (broad SMARTS) is 1. The molecule has 0 heterocycles. The first kappa shape index (κ1) is 18.5. The third-order valence-corrected chi connectivity index (χ3v) is 2.71. The second kappa shape index (κ2) is 8.17. The van der Waals surface area contributed by atoms with Gasteiger partial charge in [0.1, 0.15) is 5.60 Å². The Kier molecular flexibility index (Phi) is 6.56. The predicted molar refractivity (Wildman–Crippen MR) is 84.4 cm³/mol. The molecule has 1 aromatic rings. The standard InChI is InChI=1S/C16H22N2O5/c1-16(2,3)23-15(22)18-9-8-17-13(19)10-11-6-4-5-7-12(11)14(20)21/h4-7H,8-10H2,1-3H3,(H,17,19)(H,18,22)(H,20,21). The smallest absolute Gasteiger partial charge is 0.407 e. The van der Waals surface area contributed by atoms with E-state index in [-0.39, 0.29) is 31.0 Å². The van der Waals surface area contributed by atoms with E-state index in [9.17, 15) is 14.4 Å². The van der Waals surface area contributed by atoms with Gasteiger partial charge in [0.2, 0.25) is 5.91 Å². The normalized spacial score (nSPS) is 10.7. The van der Waals surface area contributed by atoms with E-state index >= 15 is 0 Å². The van der Waals surface area contributed by atoms with Gasteiger partial charge in [-0.15, -0.1) is 0 Å². The van der Waals surface area contributed by atoms with Crippen molar-refractivity contribution in [3.05, 3.63) is 35.4 Å². The first-order valence-corrected chi connectivity index (χ1v) is 7.24. The molecule has 0 unspecified atom stereocenters. The van der Waals surface area contributed by atoms with Crippen LogP contribution in [0.1, 0.15) is 36.7 Å². The highest BCUT2D eigenvalue weighted by Crippen LogP contribution is 2.09. The molecule has 0 fully saturated rings. The van der Waals surface area contributed by atoms with Crippen molar-refractivity contribution >= 4 is 18.0 Å². The fourth-order valence-corrected chi connectivity index (χ4v) is 1.80. The molecule has 0 atom stereocenters. The Morgan fingerprint density at radius 2 is 1.70 bits per heavy atom. The van der Waals surface area contributed by atoms with E-state index in [0.29, 0.717) is 5.56 Å². The van der Waals surface area contributed by atoms with Crippen LogP contribution in [-0.2, 0) is 16.0 Å². The molecule has 1 rings (SSSR count). The summed E-state index contributed by atoms with van der Waals surface area (Å²) in [7, 11) is 0. The molecule has 0 aliphatic rings. The number of alkyl carbamates (subject to hydrolysis) is 1. The number of hydrogen-bond acceptors (Lipinski definition) is 4. The number of hydrogen-bond donors (Lipinski definition) is 3. The molecule has 0 aromatic heterocycles. The van der Waals surface area contributed by atoms with Crippen LogP contribution in [0.15, 0.2) is 24.3 Å². The fraction of sp³-hybridized carbons (Fsp3) is 0.438. The Morgan fingerprint density at radius 1 is 1.09 bits per heavy atom. The highest BCUT2D eigenvalue weighted by Gasteiger charge is 2.16. The number of carbonyl (C=O) groups excluding carboxylic acids is 2. The molecule has 23 heavy (non-hydrogen) atoms. The third-order valence-electron chi connectivity index (χ3n) is 2.71. The summed E-state index contributed by atoms with van der Waals surface area (Å²) in [6.07, 6.45) is -0.586. The molecule has 7 heteroatoms. The maximum atomic E-state index is 11.8. The zero-order valence-corrected chi connectivity index (χ0v) is 13.5. The van der Waals surface area contributed by atoms with Crippen LogP contribution in [0.3, 0.4) is 0 Å². The quantitative estimate of drug-likeness (QED) is 0.690. The maximum Gasteiger partial charge on any atom is 0.407 e. The van der Waals surface area contributed by atoms with Crippen molar-refractivity contribution in [2.45, 2.75) is 32.8 Å². The number of benzene rings is 1. The lowest BCUT2D eigenvalue weighted by Gasteiger charge is -2.19. The Hall–Kier alpha value is -2.57. The molecular weight excluding hydrogens is 300 g/mol. The van der Waals surface area contributed by atoms with Gasteiger partial charge in [-0.05, 0) is 32.4 Å². The molecule has 0 saturated carbocycles. The minimum Gasteiger partial charge on any atom is -0.478 e. The van der Waals surface area contributed by atoms with E-state index in [1.54, 1.807) is 39.0 Å². The van der Waals surface area contributed by atoms with Crippen molar-refractivity contribution in [3.8, 4) is 0 Å². The molecule has 1 aromatic carbocycles. The van der Waals surface area contributed by atoms with Crippen LogP contribution < -0.4 is 10.6 Å². The van der Waals surface area contributed by atoms with Gasteiger partial charge in [0.05, 0.1) is 12.0 Å². The van der Waals surface area contributed by atoms with Gasteiger partial charge >= 0.3 is 12.1 Å². The second-order valence-electron chi connectivity index (χ2n) is 5.92. The monoisotopic (exact) mass is 322 g/mol. The van der Waals surface area contributed by atoms with E-state index in [4.69, 9.17) is 9.84 Å². The van der Waals surface area contributed by atoms with Crippen molar-refractivity contribution in [3.63, 3.8) is 0 Å². The van der Waals surface area contributed by atoms with Crippen LogP contribution in [-0.4, -0.2) is 41.8 Å². The van der Waals surface area contributed by atoms with Crippen molar-refractivity contribution in [2.75, 3.05) is 13.1 Å². The highest BCUT2D eigenvalue weighted by atomic mass is 16.6. The van der Waals surface area contributed by atoms with Gasteiger partial charge in [0.15, 0.2) is 0 Å². The lowest BCUT2D eigenvalue weighted by Crippen LogP contribution is -2.38. The summed E-state index contributed by atoms with van der Waals surface area (Å²) in [5, 5.41) is 14.2. The Balaban J connectivity index is 2.36. The predicted octanol–water partition coefficient (Wildman–Crippen LogP) is 1.57. The second-order valence-corrected chi connectivity index (χ2v) is 5.92. The molecule has 0 aliphatic heterocycles. The molecule has 2 amide bonds. The zero-order valence-electron chi connectivity index (χ0n) is 13.5. The Labute approximate surface area is 135 Å². The lowest BCUT2D eigenvalue weighted by molar-refractivity contribution is -0.120. The summed E-state index contributed by atoms with van der Waals surface area (Å²) in [5.74, 6) is -1.38. The van der Waals surface area contributed by atoms with E-state index in [0.717, 1.165) is 0 Å². The summed E-state index contributed by atoms with van der Waals surface area (Å²) < 4.78 is 5.05. The first-order chi connectivity index (χ1) is 10.7. The topological polar surface area (TPSA) is 105 Å². The third kappa shape index (κ3) is 7.30. The van der Waals surface area contributed by atoms with Crippen LogP contribution in [0, 0.1) is 0 Å². The summed E-state index contributed by atoms with van der Waals surface area (Å²) in [5.41, 5.74) is -0.0273. The molecule has 7 nitrogen and oxygen atoms in total. The van der Waals surface area contributed by atoms with Crippen molar-refractivity contribution < 1.29 is 24.2 Å². The number of ether oxygens (including phenoxy) is 1. The average Bonchev–Trinajstić information content (AvgIpc) is 2.42. The van der Waals surface area contributed by atoms with Crippen molar-refractivity contribution in [1.29, 1.82) is 0 Å². The first-order valence-electron chi connectivity index (χ1n) is 7.24. The van der Waals surface area contributed by atoms with Gasteiger partial charge < -0.3 is 20.5 Å². The summed E-state index contributed by atoms with van der Waals surface area (Å²) in [6.45, 7) is 5.73.